The van der Waals surface area contributed by atoms with Crippen LogP contribution < -0.4 is 11.5 Å². The zero-order valence-electron chi connectivity index (χ0n) is 10.3. The van der Waals surface area contributed by atoms with Crippen molar-refractivity contribution in [2.75, 3.05) is 5.73 Å². The van der Waals surface area contributed by atoms with Crippen LogP contribution in [0.2, 0.25) is 0 Å². The fraction of sp³-hybridized carbons (Fsp3) is 0. The Morgan fingerprint density at radius 3 is 2.67 bits per heavy atom. The van der Waals surface area contributed by atoms with Gasteiger partial charge in [0.25, 0.3) is 0 Å². The lowest BCUT2D eigenvalue weighted by atomic mass is 10.2. The average Bonchev–Trinajstić information content (AvgIpc) is 3.11. The minimum absolute atomic E-state index is 0.119. The maximum atomic E-state index is 11.9. The number of hydrogen-bond acceptors (Lipinski definition) is 10. The van der Waals surface area contributed by atoms with Gasteiger partial charge < -0.3 is 16.3 Å². The number of fused-ring (bicyclic) bond motifs is 1. The SMILES string of the molecule is N/C(=N/OC(=O)c1ccc2nsnc2c1)c1nsnc1N. The van der Waals surface area contributed by atoms with Crippen molar-refractivity contribution < 1.29 is 9.63 Å². The van der Waals surface area contributed by atoms with E-state index in [1.807, 2.05) is 0 Å². The number of carbonyl (C=O) groups is 1. The fourth-order valence-corrected chi connectivity index (χ4v) is 2.47. The van der Waals surface area contributed by atoms with Crippen LogP contribution in [0.5, 0.6) is 0 Å². The number of benzene rings is 1. The first kappa shape index (κ1) is 13.3. The first-order valence-electron chi connectivity index (χ1n) is 5.50. The molecule has 3 rings (SSSR count). The van der Waals surface area contributed by atoms with Gasteiger partial charge in [-0.1, -0.05) is 5.16 Å². The smallest absolute Gasteiger partial charge is 0.365 e. The molecule has 4 N–H and O–H groups in total. The van der Waals surface area contributed by atoms with Crippen molar-refractivity contribution in [2.24, 2.45) is 10.9 Å². The van der Waals surface area contributed by atoms with E-state index >= 15 is 0 Å². The Labute approximate surface area is 125 Å². The summed E-state index contributed by atoms with van der Waals surface area (Å²) in [6.45, 7) is 0. The number of carbonyl (C=O) groups excluding carboxylic acids is 1. The lowest BCUT2D eigenvalue weighted by Crippen LogP contribution is -2.17. The number of nitrogens with zero attached hydrogens (tertiary/aromatic N) is 5. The molecule has 0 saturated carbocycles. The molecule has 2 heterocycles. The summed E-state index contributed by atoms with van der Waals surface area (Å²) in [6, 6.07) is 4.80. The van der Waals surface area contributed by atoms with Gasteiger partial charge in [0, 0.05) is 0 Å². The predicted molar refractivity (Wildman–Crippen MR) is 77.9 cm³/mol. The van der Waals surface area contributed by atoms with Crippen LogP contribution in [-0.4, -0.2) is 29.3 Å². The molecule has 0 fully saturated rings. The Balaban J connectivity index is 1.78. The van der Waals surface area contributed by atoms with Crippen molar-refractivity contribution >= 4 is 52.1 Å². The highest BCUT2D eigenvalue weighted by Gasteiger charge is 2.13. The summed E-state index contributed by atoms with van der Waals surface area (Å²) in [4.78, 5) is 16.6. The first-order chi connectivity index (χ1) is 10.1. The zero-order valence-corrected chi connectivity index (χ0v) is 11.9. The molecule has 106 valence electrons. The Hall–Kier alpha value is -2.66. The minimum atomic E-state index is -0.672. The number of hydrogen-bond donors (Lipinski definition) is 2. The Morgan fingerprint density at radius 2 is 1.90 bits per heavy atom. The van der Waals surface area contributed by atoms with Gasteiger partial charge >= 0.3 is 5.97 Å². The first-order valence-corrected chi connectivity index (χ1v) is 6.97. The van der Waals surface area contributed by atoms with E-state index in [1.165, 1.54) is 0 Å². The van der Waals surface area contributed by atoms with E-state index in [0.717, 1.165) is 23.5 Å². The van der Waals surface area contributed by atoms with Gasteiger partial charge in [0.2, 0.25) is 0 Å². The van der Waals surface area contributed by atoms with E-state index in [4.69, 9.17) is 16.3 Å². The molecule has 2 aromatic heterocycles. The third-order valence-electron chi connectivity index (χ3n) is 2.47. The summed E-state index contributed by atoms with van der Waals surface area (Å²) in [6.07, 6.45) is 0. The van der Waals surface area contributed by atoms with E-state index in [1.54, 1.807) is 18.2 Å². The molecule has 9 nitrogen and oxygen atoms in total. The molecule has 0 saturated heterocycles. The van der Waals surface area contributed by atoms with Crippen LogP contribution in [0.1, 0.15) is 16.1 Å². The maximum absolute atomic E-state index is 11.9. The molecule has 0 radical (unpaired) electrons. The van der Waals surface area contributed by atoms with Gasteiger partial charge in [-0.25, -0.2) is 4.79 Å². The van der Waals surface area contributed by atoms with E-state index < -0.39 is 5.97 Å². The predicted octanol–water partition coefficient (Wildman–Crippen LogP) is 0.602. The molecule has 3 aromatic rings. The Morgan fingerprint density at radius 1 is 1.14 bits per heavy atom. The van der Waals surface area contributed by atoms with Crippen molar-refractivity contribution in [1.82, 2.24) is 17.5 Å². The number of aromatic nitrogens is 4. The van der Waals surface area contributed by atoms with Crippen LogP contribution in [0.4, 0.5) is 5.82 Å². The molecule has 21 heavy (non-hydrogen) atoms. The molecule has 0 amide bonds. The molecule has 0 unspecified atom stereocenters. The van der Waals surface area contributed by atoms with Gasteiger partial charge in [-0.3, -0.25) is 0 Å². The molecule has 0 aliphatic rings. The summed E-state index contributed by atoms with van der Waals surface area (Å²) in [5, 5.41) is 3.51. The maximum Gasteiger partial charge on any atom is 0.365 e. The van der Waals surface area contributed by atoms with Crippen molar-refractivity contribution in [3.8, 4) is 0 Å². The van der Waals surface area contributed by atoms with E-state index in [9.17, 15) is 4.79 Å². The summed E-state index contributed by atoms with van der Waals surface area (Å²) in [7, 11) is 0. The summed E-state index contributed by atoms with van der Waals surface area (Å²) >= 11 is 1.95. The molecule has 11 heteroatoms. The highest BCUT2D eigenvalue weighted by Crippen LogP contribution is 2.14. The molecular weight excluding hydrogens is 314 g/mol. The second-order valence-corrected chi connectivity index (χ2v) is 4.88. The molecule has 0 bridgehead atoms. The highest BCUT2D eigenvalue weighted by molar-refractivity contribution is 7.00. The second kappa shape index (κ2) is 5.38. The molecule has 0 aliphatic carbocycles. The fourth-order valence-electron chi connectivity index (χ4n) is 1.47. The van der Waals surface area contributed by atoms with E-state index in [2.05, 4.69) is 22.6 Å². The van der Waals surface area contributed by atoms with Crippen molar-refractivity contribution in [2.45, 2.75) is 0 Å². The molecule has 1 aromatic carbocycles. The standard InChI is InChI=1S/C10H7N7O2S2/c11-8(7-9(12)17-21-16-7)13-19-10(18)4-1-2-5-6(3-4)15-20-14-5/h1-3H,(H2,11,13)(H2,12,17). The van der Waals surface area contributed by atoms with E-state index in [-0.39, 0.29) is 22.9 Å². The largest absolute Gasteiger partial charge is 0.381 e. The van der Waals surface area contributed by atoms with Crippen LogP contribution in [0, 0.1) is 0 Å². The van der Waals surface area contributed by atoms with Crippen molar-refractivity contribution in [3.05, 3.63) is 29.5 Å². The van der Waals surface area contributed by atoms with Crippen LogP contribution in [0.15, 0.2) is 23.4 Å². The van der Waals surface area contributed by atoms with Gasteiger partial charge in [0.05, 0.1) is 29.0 Å². The van der Waals surface area contributed by atoms with Gasteiger partial charge in [-0.2, -0.15) is 17.5 Å². The zero-order chi connectivity index (χ0) is 14.8. The number of amidine groups is 1. The highest BCUT2D eigenvalue weighted by atomic mass is 32.1. The van der Waals surface area contributed by atoms with Crippen molar-refractivity contribution in [3.63, 3.8) is 0 Å². The summed E-state index contributed by atoms with van der Waals surface area (Å²) in [5.41, 5.74) is 12.9. The topological polar surface area (TPSA) is 142 Å². The lowest BCUT2D eigenvalue weighted by molar-refractivity contribution is 0.0516. The number of anilines is 1. The number of nitrogen functional groups attached to an aromatic ring is 1. The molecule has 0 aliphatic heterocycles. The van der Waals surface area contributed by atoms with Gasteiger partial charge in [0.1, 0.15) is 11.0 Å². The normalized spacial score (nSPS) is 11.7. The quantitative estimate of drug-likeness (QED) is 0.309. The summed E-state index contributed by atoms with van der Waals surface area (Å²) < 4.78 is 15.7. The monoisotopic (exact) mass is 321 g/mol. The Kier molecular flexibility index (Phi) is 3.41. The third kappa shape index (κ3) is 2.64. The van der Waals surface area contributed by atoms with E-state index in [0.29, 0.717) is 11.0 Å². The molecular formula is C10H7N7O2S2. The third-order valence-corrected chi connectivity index (χ3v) is 3.57. The lowest BCUT2D eigenvalue weighted by Gasteiger charge is -1.99. The number of rotatable bonds is 3. The number of oxime groups is 1. The minimum Gasteiger partial charge on any atom is -0.381 e. The molecule has 0 spiro atoms. The molecule has 0 atom stereocenters. The number of nitrogens with two attached hydrogens (primary N) is 2. The van der Waals surface area contributed by atoms with Gasteiger partial charge in [0.15, 0.2) is 17.3 Å². The van der Waals surface area contributed by atoms with Crippen LogP contribution in [0.3, 0.4) is 0 Å². The van der Waals surface area contributed by atoms with Crippen molar-refractivity contribution in [1.29, 1.82) is 0 Å². The second-order valence-electron chi connectivity index (χ2n) is 3.82. The van der Waals surface area contributed by atoms with Crippen LogP contribution >= 0.6 is 23.5 Å². The van der Waals surface area contributed by atoms with Crippen LogP contribution in [0.25, 0.3) is 11.0 Å². The van der Waals surface area contributed by atoms with Gasteiger partial charge in [-0.15, -0.1) is 0 Å². The van der Waals surface area contributed by atoms with Crippen LogP contribution in [-0.2, 0) is 4.84 Å². The average molecular weight is 321 g/mol. The Bertz CT molecular complexity index is 841. The summed E-state index contributed by atoms with van der Waals surface area (Å²) in [5.74, 6) is -0.659. The van der Waals surface area contributed by atoms with Gasteiger partial charge in [-0.05, 0) is 18.2 Å².